The van der Waals surface area contributed by atoms with E-state index in [9.17, 15) is 9.59 Å². The van der Waals surface area contributed by atoms with E-state index in [0.29, 0.717) is 37.2 Å². The Hall–Kier alpha value is -1.32. The van der Waals surface area contributed by atoms with Gasteiger partial charge in [-0.2, -0.15) is 0 Å². The predicted octanol–water partition coefficient (Wildman–Crippen LogP) is 3.79. The third-order valence-corrected chi connectivity index (χ3v) is 2.73. The van der Waals surface area contributed by atoms with Crippen molar-refractivity contribution in [1.29, 1.82) is 0 Å². The summed E-state index contributed by atoms with van der Waals surface area (Å²) in [5, 5.41) is 0. The minimum Gasteiger partial charge on any atom is -0.462 e. The van der Waals surface area contributed by atoms with Crippen molar-refractivity contribution in [3.8, 4) is 0 Å². The van der Waals surface area contributed by atoms with Crippen molar-refractivity contribution in [2.45, 2.75) is 66.2 Å². The van der Waals surface area contributed by atoms with Crippen molar-refractivity contribution in [2.75, 3.05) is 13.2 Å². The maximum absolute atomic E-state index is 12.1. The van der Waals surface area contributed by atoms with Crippen LogP contribution in [-0.4, -0.2) is 25.2 Å². The topological polar surface area (TPSA) is 52.6 Å². The van der Waals surface area contributed by atoms with Crippen LogP contribution in [0.1, 0.15) is 66.2 Å². The molecule has 0 aliphatic carbocycles. The molecule has 0 amide bonds. The zero-order chi connectivity index (χ0) is 15.4. The summed E-state index contributed by atoms with van der Waals surface area (Å²) in [7, 11) is 0. The average molecular weight is 284 g/mol. The van der Waals surface area contributed by atoms with E-state index in [1.54, 1.807) is 0 Å². The maximum atomic E-state index is 12.1. The second-order valence-electron chi connectivity index (χ2n) is 4.73. The quantitative estimate of drug-likeness (QED) is 0.452. The summed E-state index contributed by atoms with van der Waals surface area (Å²) in [6, 6.07) is 0. The molecule has 0 unspecified atom stereocenters. The van der Waals surface area contributed by atoms with Gasteiger partial charge in [-0.3, -0.25) is 0 Å². The van der Waals surface area contributed by atoms with Crippen molar-refractivity contribution in [3.05, 3.63) is 11.1 Å². The lowest BCUT2D eigenvalue weighted by atomic mass is 10.00. The Bertz CT molecular complexity index is 299. The molecule has 0 saturated heterocycles. The Morgan fingerprint density at radius 2 is 1.00 bits per heavy atom. The summed E-state index contributed by atoms with van der Waals surface area (Å²) in [4.78, 5) is 24.2. The second kappa shape index (κ2) is 11.5. The lowest BCUT2D eigenvalue weighted by Gasteiger charge is -2.13. The van der Waals surface area contributed by atoms with Gasteiger partial charge in [0.05, 0.1) is 13.2 Å². The van der Waals surface area contributed by atoms with E-state index >= 15 is 0 Å². The molecule has 0 aliphatic rings. The van der Waals surface area contributed by atoms with Crippen LogP contribution in [0.25, 0.3) is 0 Å². The monoisotopic (exact) mass is 284 g/mol. The average Bonchev–Trinajstić information content (AvgIpc) is 2.45. The molecule has 0 aromatic rings. The number of carbonyl (C=O) groups is 2. The molecule has 116 valence electrons. The Balaban J connectivity index is 5.18. The highest BCUT2D eigenvalue weighted by atomic mass is 16.5. The summed E-state index contributed by atoms with van der Waals surface area (Å²) < 4.78 is 10.4. The number of carbonyl (C=O) groups excluding carboxylic acids is 2. The third-order valence-electron chi connectivity index (χ3n) is 2.73. The molecular formula is C16H28O4. The van der Waals surface area contributed by atoms with Gasteiger partial charge in [0, 0.05) is 11.1 Å². The zero-order valence-electron chi connectivity index (χ0n) is 13.3. The molecule has 0 aliphatic heterocycles. The summed E-state index contributed by atoms with van der Waals surface area (Å²) in [5.41, 5.74) is 0.979. The fourth-order valence-electron chi connectivity index (χ4n) is 1.82. The van der Waals surface area contributed by atoms with Crippen molar-refractivity contribution >= 4 is 11.9 Å². The highest BCUT2D eigenvalue weighted by molar-refractivity contribution is 6.00. The summed E-state index contributed by atoms with van der Waals surface area (Å²) in [6.45, 7) is 8.62. The molecule has 0 fully saturated rings. The molecule has 0 radical (unpaired) electrons. The largest absolute Gasteiger partial charge is 0.462 e. The van der Waals surface area contributed by atoms with Crippen LogP contribution in [0.4, 0.5) is 0 Å². The van der Waals surface area contributed by atoms with Crippen molar-refractivity contribution in [3.63, 3.8) is 0 Å². The van der Waals surface area contributed by atoms with Crippen LogP contribution in [0.3, 0.4) is 0 Å². The van der Waals surface area contributed by atoms with Gasteiger partial charge in [-0.05, 0) is 25.7 Å². The highest BCUT2D eigenvalue weighted by Crippen LogP contribution is 2.19. The van der Waals surface area contributed by atoms with Crippen LogP contribution in [0.5, 0.6) is 0 Å². The van der Waals surface area contributed by atoms with Crippen LogP contribution in [0, 0.1) is 0 Å². The van der Waals surface area contributed by atoms with Gasteiger partial charge < -0.3 is 9.47 Å². The van der Waals surface area contributed by atoms with Gasteiger partial charge in [0.25, 0.3) is 0 Å². The van der Waals surface area contributed by atoms with Gasteiger partial charge in [0.2, 0.25) is 0 Å². The van der Waals surface area contributed by atoms with Crippen LogP contribution < -0.4 is 0 Å². The Kier molecular flexibility index (Phi) is 10.7. The lowest BCUT2D eigenvalue weighted by molar-refractivity contribution is -0.142. The molecule has 0 atom stereocenters. The van der Waals surface area contributed by atoms with E-state index in [0.717, 1.165) is 25.7 Å². The number of hydrogen-bond acceptors (Lipinski definition) is 4. The van der Waals surface area contributed by atoms with E-state index in [1.807, 2.05) is 27.7 Å². The van der Waals surface area contributed by atoms with Crippen LogP contribution in [0.15, 0.2) is 11.1 Å². The van der Waals surface area contributed by atoms with E-state index in [4.69, 9.17) is 9.47 Å². The number of ether oxygens (including phenoxy) is 2. The van der Waals surface area contributed by atoms with Crippen molar-refractivity contribution in [2.24, 2.45) is 0 Å². The van der Waals surface area contributed by atoms with Gasteiger partial charge in [-0.15, -0.1) is 0 Å². The molecule has 0 bridgehead atoms. The SMILES string of the molecule is CCCOC(=O)/C(CCC)=C(/CCC)C(=O)OCCC. The molecule has 0 aromatic heterocycles. The molecule has 0 saturated carbocycles. The molecule has 0 spiro atoms. The molecule has 0 aromatic carbocycles. The first kappa shape index (κ1) is 18.7. The van der Waals surface area contributed by atoms with Gasteiger partial charge in [-0.1, -0.05) is 40.5 Å². The number of hydrogen-bond donors (Lipinski definition) is 0. The number of esters is 2. The van der Waals surface area contributed by atoms with Gasteiger partial charge in [0.1, 0.15) is 0 Å². The fourth-order valence-corrected chi connectivity index (χ4v) is 1.82. The Morgan fingerprint density at radius 1 is 0.650 bits per heavy atom. The van der Waals surface area contributed by atoms with E-state index in [1.165, 1.54) is 0 Å². The molecule has 4 nitrogen and oxygen atoms in total. The summed E-state index contributed by atoms with van der Waals surface area (Å²) in [6.07, 6.45) is 4.25. The standard InChI is InChI=1S/C16H28O4/c1-5-9-13(15(17)19-11-7-3)14(10-6-2)16(18)20-12-8-4/h5-12H2,1-4H3/b14-13-. The first-order valence-electron chi connectivity index (χ1n) is 7.68. The van der Waals surface area contributed by atoms with Crippen LogP contribution >= 0.6 is 0 Å². The molecule has 0 N–H and O–H groups in total. The molecule has 4 heteroatoms. The van der Waals surface area contributed by atoms with Crippen molar-refractivity contribution in [1.82, 2.24) is 0 Å². The van der Waals surface area contributed by atoms with Crippen molar-refractivity contribution < 1.29 is 19.1 Å². The van der Waals surface area contributed by atoms with E-state index in [2.05, 4.69) is 0 Å². The zero-order valence-corrected chi connectivity index (χ0v) is 13.3. The normalized spacial score (nSPS) is 11.8. The summed E-state index contributed by atoms with van der Waals surface area (Å²) in [5.74, 6) is -0.740. The van der Waals surface area contributed by atoms with E-state index < -0.39 is 0 Å². The van der Waals surface area contributed by atoms with E-state index in [-0.39, 0.29) is 11.9 Å². The Labute approximate surface area is 122 Å². The molecule has 0 heterocycles. The number of rotatable bonds is 10. The summed E-state index contributed by atoms with van der Waals surface area (Å²) >= 11 is 0. The van der Waals surface area contributed by atoms with Gasteiger partial charge in [0.15, 0.2) is 0 Å². The molecule has 0 rings (SSSR count). The maximum Gasteiger partial charge on any atom is 0.334 e. The first-order valence-corrected chi connectivity index (χ1v) is 7.68. The minimum absolute atomic E-state index is 0.370. The fraction of sp³-hybridized carbons (Fsp3) is 0.750. The van der Waals surface area contributed by atoms with Gasteiger partial charge >= 0.3 is 11.9 Å². The predicted molar refractivity (Wildman–Crippen MR) is 79.3 cm³/mol. The molecule has 20 heavy (non-hydrogen) atoms. The lowest BCUT2D eigenvalue weighted by Crippen LogP contribution is -2.17. The van der Waals surface area contributed by atoms with Crippen LogP contribution in [0.2, 0.25) is 0 Å². The Morgan fingerprint density at radius 3 is 1.25 bits per heavy atom. The smallest absolute Gasteiger partial charge is 0.334 e. The highest BCUT2D eigenvalue weighted by Gasteiger charge is 2.21. The second-order valence-corrected chi connectivity index (χ2v) is 4.73. The van der Waals surface area contributed by atoms with Gasteiger partial charge in [-0.25, -0.2) is 9.59 Å². The molecular weight excluding hydrogens is 256 g/mol. The minimum atomic E-state index is -0.370. The first-order chi connectivity index (χ1) is 9.62. The van der Waals surface area contributed by atoms with Crippen LogP contribution in [-0.2, 0) is 19.1 Å². The third kappa shape index (κ3) is 6.73.